The number of rotatable bonds is 7. The zero-order valence-corrected chi connectivity index (χ0v) is 17.2. The lowest BCUT2D eigenvalue weighted by molar-refractivity contribution is -0.114. The van der Waals surface area contributed by atoms with E-state index in [-0.39, 0.29) is 24.4 Å². The molecule has 1 aliphatic rings. The highest BCUT2D eigenvalue weighted by molar-refractivity contribution is 6.34. The monoisotopic (exact) mass is 415 g/mol. The van der Waals surface area contributed by atoms with Gasteiger partial charge in [-0.15, -0.1) is 0 Å². The summed E-state index contributed by atoms with van der Waals surface area (Å²) in [6.45, 7) is 0.0581. The Morgan fingerprint density at radius 1 is 1.07 bits per heavy atom. The molecule has 154 valence electrons. The summed E-state index contributed by atoms with van der Waals surface area (Å²) >= 11 is 6.23. The maximum atomic E-state index is 12.6. The number of hydrogen-bond acceptors (Lipinski definition) is 4. The van der Waals surface area contributed by atoms with Gasteiger partial charge in [0.25, 0.3) is 5.91 Å². The first-order chi connectivity index (χ1) is 14.0. The number of ether oxygens (including phenoxy) is 1. The molecule has 0 saturated heterocycles. The Balaban J connectivity index is 1.57. The molecule has 0 heterocycles. The first-order valence-corrected chi connectivity index (χ1v) is 10.2. The van der Waals surface area contributed by atoms with Crippen molar-refractivity contribution < 1.29 is 14.3 Å². The fraction of sp³-hybridized carbons (Fsp3) is 0.364. The van der Waals surface area contributed by atoms with Gasteiger partial charge in [0.15, 0.2) is 0 Å². The van der Waals surface area contributed by atoms with E-state index in [1.54, 1.807) is 43.5 Å². The van der Waals surface area contributed by atoms with Gasteiger partial charge in [-0.3, -0.25) is 9.59 Å². The standard InChI is InChI=1S/C22H26ClN3O3/c1-29-18-9-5-8-17(12-18)25-21(27)14-24-16-10-11-20(23)19(13-16)22(28)26-15-6-3-2-4-7-15/h5,8-13,15,24H,2-4,6-7,14H2,1H3,(H,25,27)(H,26,28). The molecule has 3 N–H and O–H groups in total. The minimum Gasteiger partial charge on any atom is -0.497 e. The van der Waals surface area contributed by atoms with E-state index in [2.05, 4.69) is 16.0 Å². The number of amides is 2. The Bertz CT molecular complexity index is 866. The van der Waals surface area contributed by atoms with Crippen LogP contribution in [0.5, 0.6) is 5.75 Å². The molecule has 1 saturated carbocycles. The van der Waals surface area contributed by atoms with Gasteiger partial charge in [0.2, 0.25) is 5.91 Å². The second-order valence-corrected chi connectivity index (χ2v) is 7.54. The van der Waals surface area contributed by atoms with Crippen molar-refractivity contribution in [3.05, 3.63) is 53.1 Å². The van der Waals surface area contributed by atoms with Crippen molar-refractivity contribution in [2.24, 2.45) is 0 Å². The average molecular weight is 416 g/mol. The third-order valence-electron chi connectivity index (χ3n) is 4.96. The first-order valence-electron chi connectivity index (χ1n) is 9.83. The quantitative estimate of drug-likeness (QED) is 0.623. The summed E-state index contributed by atoms with van der Waals surface area (Å²) in [6, 6.07) is 12.4. The molecule has 0 unspecified atom stereocenters. The molecule has 6 nitrogen and oxygen atoms in total. The maximum absolute atomic E-state index is 12.6. The Morgan fingerprint density at radius 2 is 1.86 bits per heavy atom. The van der Waals surface area contributed by atoms with Crippen molar-refractivity contribution in [1.82, 2.24) is 5.32 Å². The summed E-state index contributed by atoms with van der Waals surface area (Å²) in [7, 11) is 1.57. The van der Waals surface area contributed by atoms with E-state index in [0.29, 0.717) is 27.7 Å². The summed E-state index contributed by atoms with van der Waals surface area (Å²) in [6.07, 6.45) is 5.52. The zero-order valence-electron chi connectivity index (χ0n) is 16.5. The summed E-state index contributed by atoms with van der Waals surface area (Å²) in [4.78, 5) is 24.8. The van der Waals surface area contributed by atoms with E-state index in [4.69, 9.17) is 16.3 Å². The molecule has 29 heavy (non-hydrogen) atoms. The number of halogens is 1. The van der Waals surface area contributed by atoms with Crippen LogP contribution in [-0.2, 0) is 4.79 Å². The first kappa shape index (κ1) is 21.0. The number of hydrogen-bond donors (Lipinski definition) is 3. The largest absolute Gasteiger partial charge is 0.497 e. The van der Waals surface area contributed by atoms with E-state index in [1.807, 2.05) is 6.07 Å². The van der Waals surface area contributed by atoms with Crippen LogP contribution in [0, 0.1) is 0 Å². The van der Waals surface area contributed by atoms with Crippen LogP contribution in [0.25, 0.3) is 0 Å². The van der Waals surface area contributed by atoms with Gasteiger partial charge in [-0.2, -0.15) is 0 Å². The zero-order chi connectivity index (χ0) is 20.6. The number of carbonyl (C=O) groups is 2. The third-order valence-corrected chi connectivity index (χ3v) is 5.29. The molecule has 2 aromatic rings. The van der Waals surface area contributed by atoms with Crippen LogP contribution in [0.3, 0.4) is 0 Å². The number of benzene rings is 2. The predicted octanol–water partition coefficient (Wildman–Crippen LogP) is 4.46. The van der Waals surface area contributed by atoms with Crippen LogP contribution in [0.15, 0.2) is 42.5 Å². The topological polar surface area (TPSA) is 79.5 Å². The van der Waals surface area contributed by atoms with Crippen LogP contribution >= 0.6 is 11.6 Å². The molecule has 0 aliphatic heterocycles. The fourth-order valence-electron chi connectivity index (χ4n) is 3.41. The van der Waals surface area contributed by atoms with Crippen LogP contribution in [-0.4, -0.2) is 31.5 Å². The van der Waals surface area contributed by atoms with Crippen LogP contribution in [0.4, 0.5) is 11.4 Å². The van der Waals surface area contributed by atoms with Gasteiger partial charge < -0.3 is 20.7 Å². The molecule has 3 rings (SSSR count). The molecule has 1 aliphatic carbocycles. The van der Waals surface area contributed by atoms with Gasteiger partial charge in [0.1, 0.15) is 5.75 Å². The summed E-state index contributed by atoms with van der Waals surface area (Å²) in [5.74, 6) is 0.287. The SMILES string of the molecule is COc1cccc(NC(=O)CNc2ccc(Cl)c(C(=O)NC3CCCCC3)c2)c1. The fourth-order valence-corrected chi connectivity index (χ4v) is 3.61. The molecule has 0 aromatic heterocycles. The van der Waals surface area contributed by atoms with E-state index in [9.17, 15) is 9.59 Å². The second kappa shape index (κ2) is 10.2. The van der Waals surface area contributed by atoms with Gasteiger partial charge in [-0.1, -0.05) is 36.9 Å². The molecule has 0 bridgehead atoms. The lowest BCUT2D eigenvalue weighted by Crippen LogP contribution is -2.36. The molecule has 0 radical (unpaired) electrons. The van der Waals surface area contributed by atoms with Crippen LogP contribution in [0.1, 0.15) is 42.5 Å². The molecule has 2 aromatic carbocycles. The second-order valence-electron chi connectivity index (χ2n) is 7.14. The van der Waals surface area contributed by atoms with Crippen LogP contribution < -0.4 is 20.7 Å². The molecular formula is C22H26ClN3O3. The predicted molar refractivity (Wildman–Crippen MR) is 116 cm³/mol. The summed E-state index contributed by atoms with van der Waals surface area (Å²) in [5.41, 5.74) is 1.72. The van der Waals surface area contributed by atoms with Gasteiger partial charge >= 0.3 is 0 Å². The lowest BCUT2D eigenvalue weighted by atomic mass is 9.95. The van der Waals surface area contributed by atoms with E-state index in [0.717, 1.165) is 25.7 Å². The van der Waals surface area contributed by atoms with E-state index < -0.39 is 0 Å². The van der Waals surface area contributed by atoms with Crippen molar-refractivity contribution in [3.8, 4) is 5.75 Å². The Morgan fingerprint density at radius 3 is 2.62 bits per heavy atom. The summed E-state index contributed by atoms with van der Waals surface area (Å²) in [5, 5.41) is 9.30. The van der Waals surface area contributed by atoms with Gasteiger partial charge in [-0.25, -0.2) is 0 Å². The van der Waals surface area contributed by atoms with Crippen molar-refractivity contribution >= 4 is 34.8 Å². The molecular weight excluding hydrogens is 390 g/mol. The van der Waals surface area contributed by atoms with Crippen molar-refractivity contribution in [1.29, 1.82) is 0 Å². The minimum atomic E-state index is -0.207. The van der Waals surface area contributed by atoms with Gasteiger partial charge in [-0.05, 0) is 43.2 Å². The Kier molecular flexibility index (Phi) is 7.36. The number of nitrogens with one attached hydrogen (secondary N) is 3. The number of anilines is 2. The highest BCUT2D eigenvalue weighted by Gasteiger charge is 2.18. The third kappa shape index (κ3) is 6.12. The van der Waals surface area contributed by atoms with E-state index in [1.165, 1.54) is 6.42 Å². The Hall–Kier alpha value is -2.73. The minimum absolute atomic E-state index is 0.0581. The molecule has 2 amide bonds. The maximum Gasteiger partial charge on any atom is 0.253 e. The van der Waals surface area contributed by atoms with Crippen molar-refractivity contribution in [2.75, 3.05) is 24.3 Å². The summed E-state index contributed by atoms with van der Waals surface area (Å²) < 4.78 is 5.15. The number of carbonyl (C=O) groups excluding carboxylic acids is 2. The Labute approximate surface area is 176 Å². The van der Waals surface area contributed by atoms with Crippen LogP contribution in [0.2, 0.25) is 5.02 Å². The molecule has 1 fully saturated rings. The lowest BCUT2D eigenvalue weighted by Gasteiger charge is -2.23. The smallest absolute Gasteiger partial charge is 0.253 e. The molecule has 7 heteroatoms. The van der Waals surface area contributed by atoms with E-state index >= 15 is 0 Å². The van der Waals surface area contributed by atoms with Crippen molar-refractivity contribution in [3.63, 3.8) is 0 Å². The van der Waals surface area contributed by atoms with Crippen molar-refractivity contribution in [2.45, 2.75) is 38.1 Å². The highest BCUT2D eigenvalue weighted by atomic mass is 35.5. The van der Waals surface area contributed by atoms with Gasteiger partial charge in [0.05, 0.1) is 24.2 Å². The van der Waals surface area contributed by atoms with Gasteiger partial charge in [0, 0.05) is 23.5 Å². The number of methoxy groups -OCH3 is 1. The normalized spacial score (nSPS) is 14.1. The molecule has 0 spiro atoms. The average Bonchev–Trinajstić information content (AvgIpc) is 2.74. The highest BCUT2D eigenvalue weighted by Crippen LogP contribution is 2.23. The molecule has 0 atom stereocenters.